The molecule has 1 aromatic carbocycles. The third kappa shape index (κ3) is 1.59. The number of Topliss-reactive ketones (excluding diaryl/α,β-unsaturated/α-hetero) is 2. The molecule has 5 nitrogen and oxygen atoms in total. The van der Waals surface area contributed by atoms with Crippen LogP contribution in [0.2, 0.25) is 0 Å². The molecule has 0 N–H and O–H groups in total. The molecule has 5 heteroatoms. The minimum atomic E-state index is -0.641. The zero-order valence-corrected chi connectivity index (χ0v) is 12.1. The maximum atomic E-state index is 12.7. The summed E-state index contributed by atoms with van der Waals surface area (Å²) in [6.07, 6.45) is 0.233. The van der Waals surface area contributed by atoms with E-state index in [0.29, 0.717) is 5.69 Å². The Labute approximate surface area is 127 Å². The Hall–Kier alpha value is -2.30. The Morgan fingerprint density at radius 2 is 1.27 bits per heavy atom. The van der Waals surface area contributed by atoms with Gasteiger partial charge in [-0.3, -0.25) is 24.1 Å². The van der Waals surface area contributed by atoms with Crippen LogP contribution in [0, 0.1) is 30.6 Å². The van der Waals surface area contributed by atoms with Gasteiger partial charge < -0.3 is 0 Å². The number of rotatable bonds is 1. The van der Waals surface area contributed by atoms with E-state index in [4.69, 9.17) is 0 Å². The number of benzene rings is 1. The number of ketones is 2. The third-order valence-corrected chi connectivity index (χ3v) is 5.23. The van der Waals surface area contributed by atoms with Gasteiger partial charge in [-0.1, -0.05) is 17.7 Å². The molecule has 1 saturated heterocycles. The van der Waals surface area contributed by atoms with Gasteiger partial charge >= 0.3 is 0 Å². The van der Waals surface area contributed by atoms with Crippen molar-refractivity contribution in [3.05, 3.63) is 29.8 Å². The predicted molar refractivity (Wildman–Crippen MR) is 76.9 cm³/mol. The van der Waals surface area contributed by atoms with E-state index >= 15 is 0 Å². The fraction of sp³-hybridized carbons (Fsp3) is 0.412. The quantitative estimate of drug-likeness (QED) is 0.732. The number of amides is 2. The van der Waals surface area contributed by atoms with Crippen LogP contribution in [0.4, 0.5) is 5.69 Å². The highest BCUT2D eigenvalue weighted by molar-refractivity contribution is 6.25. The standard InChI is InChI=1S/C17H15NO4/c1-8-2-4-9(5-3-8)18-16(21)14-10-6-12(19)11(7-13(10)20)15(14)17(18)22/h2-5,10-11,14-15H,6-7H2,1H3/t10-,11+,14-,15-/m0/s1. The largest absolute Gasteiger partial charge is 0.299 e. The Bertz CT molecular complexity index is 681. The SMILES string of the molecule is Cc1ccc(N2C(=O)[C@@H]3[C@@H](C2=O)[C@H]2CC(=O)[C@H]3CC2=O)cc1. The average molecular weight is 297 g/mol. The number of aryl methyl sites for hydroxylation is 1. The normalized spacial score (nSPS) is 33.6. The first-order chi connectivity index (χ1) is 10.5. The Kier molecular flexibility index (Phi) is 2.64. The Balaban J connectivity index is 1.78. The van der Waals surface area contributed by atoms with Gasteiger partial charge in [0, 0.05) is 24.7 Å². The van der Waals surface area contributed by atoms with E-state index in [1.807, 2.05) is 19.1 Å². The summed E-state index contributed by atoms with van der Waals surface area (Å²) in [6.45, 7) is 1.93. The van der Waals surface area contributed by atoms with Gasteiger partial charge in [-0.15, -0.1) is 0 Å². The number of hydrogen-bond donors (Lipinski definition) is 0. The summed E-state index contributed by atoms with van der Waals surface area (Å²) in [5.74, 6) is -3.22. The van der Waals surface area contributed by atoms with Crippen LogP contribution < -0.4 is 4.90 Å². The number of carbonyl (C=O) groups is 4. The van der Waals surface area contributed by atoms with Crippen LogP contribution in [0.5, 0.6) is 0 Å². The van der Waals surface area contributed by atoms with Crippen molar-refractivity contribution in [3.8, 4) is 0 Å². The van der Waals surface area contributed by atoms with Crippen molar-refractivity contribution in [1.82, 2.24) is 0 Å². The molecule has 4 aliphatic rings. The molecule has 2 amide bonds. The van der Waals surface area contributed by atoms with Gasteiger partial charge in [-0.25, -0.2) is 0 Å². The van der Waals surface area contributed by atoms with Gasteiger partial charge in [0.2, 0.25) is 11.8 Å². The fourth-order valence-corrected chi connectivity index (χ4v) is 4.13. The summed E-state index contributed by atoms with van der Waals surface area (Å²) in [5.41, 5.74) is 1.56. The molecule has 2 bridgehead atoms. The van der Waals surface area contributed by atoms with Crippen molar-refractivity contribution in [1.29, 1.82) is 0 Å². The molecule has 3 aliphatic carbocycles. The van der Waals surface area contributed by atoms with Crippen molar-refractivity contribution in [2.24, 2.45) is 23.7 Å². The summed E-state index contributed by atoms with van der Waals surface area (Å²) >= 11 is 0. The first-order valence-electron chi connectivity index (χ1n) is 7.49. The molecule has 22 heavy (non-hydrogen) atoms. The lowest BCUT2D eigenvalue weighted by Gasteiger charge is -2.40. The number of nitrogens with zero attached hydrogens (tertiary/aromatic N) is 1. The summed E-state index contributed by atoms with van der Waals surface area (Å²) in [4.78, 5) is 50.7. The molecule has 4 atom stereocenters. The smallest absolute Gasteiger partial charge is 0.238 e. The van der Waals surface area contributed by atoms with Crippen molar-refractivity contribution >= 4 is 29.1 Å². The van der Waals surface area contributed by atoms with Crippen LogP contribution in [0.3, 0.4) is 0 Å². The number of hydrogen-bond acceptors (Lipinski definition) is 4. The van der Waals surface area contributed by atoms with Crippen LogP contribution in [0.25, 0.3) is 0 Å². The van der Waals surface area contributed by atoms with Gasteiger partial charge in [0.05, 0.1) is 17.5 Å². The van der Waals surface area contributed by atoms with E-state index in [9.17, 15) is 19.2 Å². The summed E-state index contributed by atoms with van der Waals surface area (Å²) in [5, 5.41) is 0. The molecule has 0 radical (unpaired) electrons. The molecule has 0 unspecified atom stereocenters. The molecular weight excluding hydrogens is 282 g/mol. The molecule has 4 fully saturated rings. The average Bonchev–Trinajstić information content (AvgIpc) is 2.75. The van der Waals surface area contributed by atoms with Crippen LogP contribution in [-0.2, 0) is 19.2 Å². The van der Waals surface area contributed by atoms with E-state index < -0.39 is 23.7 Å². The second kappa shape index (κ2) is 4.35. The van der Waals surface area contributed by atoms with Gasteiger partial charge in [-0.05, 0) is 19.1 Å². The maximum absolute atomic E-state index is 12.7. The highest BCUT2D eigenvalue weighted by atomic mass is 16.2. The van der Waals surface area contributed by atoms with Crippen LogP contribution in [-0.4, -0.2) is 23.4 Å². The van der Waals surface area contributed by atoms with Crippen molar-refractivity contribution < 1.29 is 19.2 Å². The molecular formula is C17H15NO4. The van der Waals surface area contributed by atoms with E-state index in [1.54, 1.807) is 12.1 Å². The van der Waals surface area contributed by atoms with E-state index in [2.05, 4.69) is 0 Å². The van der Waals surface area contributed by atoms with Gasteiger partial charge in [-0.2, -0.15) is 0 Å². The van der Waals surface area contributed by atoms with Crippen molar-refractivity contribution in [3.63, 3.8) is 0 Å². The molecule has 1 heterocycles. The first kappa shape index (κ1) is 13.4. The third-order valence-electron chi connectivity index (χ3n) is 5.23. The predicted octanol–water partition coefficient (Wildman–Crippen LogP) is 1.28. The zero-order valence-electron chi connectivity index (χ0n) is 12.1. The lowest BCUT2D eigenvalue weighted by Crippen LogP contribution is -2.51. The van der Waals surface area contributed by atoms with Gasteiger partial charge in [0.1, 0.15) is 11.6 Å². The molecule has 0 aromatic heterocycles. The number of carbonyl (C=O) groups excluding carboxylic acids is 4. The number of fused-ring (bicyclic) bond motifs is 2. The highest BCUT2D eigenvalue weighted by Crippen LogP contribution is 2.50. The molecule has 3 saturated carbocycles. The monoisotopic (exact) mass is 297 g/mol. The maximum Gasteiger partial charge on any atom is 0.238 e. The first-order valence-corrected chi connectivity index (χ1v) is 7.49. The van der Waals surface area contributed by atoms with Crippen molar-refractivity contribution in [2.75, 3.05) is 4.90 Å². The summed E-state index contributed by atoms with van der Waals surface area (Å²) in [6, 6.07) is 7.13. The molecule has 112 valence electrons. The summed E-state index contributed by atoms with van der Waals surface area (Å²) in [7, 11) is 0. The Morgan fingerprint density at radius 3 is 1.73 bits per heavy atom. The van der Waals surface area contributed by atoms with E-state index in [0.717, 1.165) is 5.56 Å². The second-order valence-corrected chi connectivity index (χ2v) is 6.45. The van der Waals surface area contributed by atoms with Crippen LogP contribution in [0.1, 0.15) is 18.4 Å². The molecule has 1 aromatic rings. The van der Waals surface area contributed by atoms with Gasteiger partial charge in [0.25, 0.3) is 0 Å². The number of anilines is 1. The molecule has 0 spiro atoms. The minimum Gasteiger partial charge on any atom is -0.299 e. The van der Waals surface area contributed by atoms with Crippen molar-refractivity contribution in [2.45, 2.75) is 19.8 Å². The molecule has 5 rings (SSSR count). The lowest BCUT2D eigenvalue weighted by atomic mass is 9.58. The lowest BCUT2D eigenvalue weighted by molar-refractivity contribution is -0.153. The van der Waals surface area contributed by atoms with E-state index in [1.165, 1.54) is 4.90 Å². The topological polar surface area (TPSA) is 71.5 Å². The second-order valence-electron chi connectivity index (χ2n) is 6.45. The fourth-order valence-electron chi connectivity index (χ4n) is 4.13. The minimum absolute atomic E-state index is 0.0437. The molecule has 1 aliphatic heterocycles. The Morgan fingerprint density at radius 1 is 0.818 bits per heavy atom. The van der Waals surface area contributed by atoms with Crippen LogP contribution in [0.15, 0.2) is 24.3 Å². The van der Waals surface area contributed by atoms with E-state index in [-0.39, 0.29) is 36.2 Å². The summed E-state index contributed by atoms with van der Waals surface area (Å²) < 4.78 is 0. The van der Waals surface area contributed by atoms with Gasteiger partial charge in [0.15, 0.2) is 0 Å². The highest BCUT2D eigenvalue weighted by Gasteiger charge is 2.63. The zero-order chi connectivity index (χ0) is 15.6. The van der Waals surface area contributed by atoms with Crippen LogP contribution >= 0.6 is 0 Å². The number of imide groups is 1.